The number of benzene rings is 1. The average Bonchev–Trinajstić information content (AvgIpc) is 2.48. The summed E-state index contributed by atoms with van der Waals surface area (Å²) in [6, 6.07) is 7.67. The van der Waals surface area contributed by atoms with Crippen molar-refractivity contribution in [2.75, 3.05) is 19.7 Å². The van der Waals surface area contributed by atoms with Gasteiger partial charge in [0.2, 0.25) is 0 Å². The molecule has 1 aromatic carbocycles. The molecule has 1 heterocycles. The Balaban J connectivity index is 1.85. The minimum absolute atomic E-state index is 0.0486. The standard InChI is InChI=1S/C16H21NO3/c1-2-20-16(19)15-6-8-17(9-7-15)11-13-4-3-5-14(10-13)12-18/h3-5,10,12,15H,2,6-9,11H2,1H3. The summed E-state index contributed by atoms with van der Waals surface area (Å²) in [6.07, 6.45) is 2.58. The van der Waals surface area contributed by atoms with E-state index in [2.05, 4.69) is 4.90 Å². The van der Waals surface area contributed by atoms with E-state index in [9.17, 15) is 9.59 Å². The van der Waals surface area contributed by atoms with E-state index in [0.29, 0.717) is 12.2 Å². The number of esters is 1. The molecule has 4 heteroatoms. The molecule has 1 saturated heterocycles. The van der Waals surface area contributed by atoms with Crippen LogP contribution < -0.4 is 0 Å². The zero-order valence-corrected chi connectivity index (χ0v) is 11.9. The van der Waals surface area contributed by atoms with Crippen molar-refractivity contribution in [2.45, 2.75) is 26.3 Å². The SMILES string of the molecule is CCOC(=O)C1CCN(Cc2cccc(C=O)c2)CC1. The van der Waals surface area contributed by atoms with Gasteiger partial charge in [0.25, 0.3) is 0 Å². The maximum atomic E-state index is 11.7. The lowest BCUT2D eigenvalue weighted by Gasteiger charge is -2.30. The van der Waals surface area contributed by atoms with Crippen molar-refractivity contribution >= 4 is 12.3 Å². The molecule has 1 fully saturated rings. The fourth-order valence-electron chi connectivity index (χ4n) is 2.61. The second-order valence-corrected chi connectivity index (χ2v) is 5.17. The molecular formula is C16H21NO3. The zero-order valence-electron chi connectivity index (χ0n) is 11.9. The molecule has 1 aliphatic heterocycles. The highest BCUT2D eigenvalue weighted by Crippen LogP contribution is 2.20. The molecule has 0 unspecified atom stereocenters. The van der Waals surface area contributed by atoms with Crippen LogP contribution >= 0.6 is 0 Å². The van der Waals surface area contributed by atoms with E-state index >= 15 is 0 Å². The lowest BCUT2D eigenvalue weighted by atomic mass is 9.96. The number of carbonyl (C=O) groups excluding carboxylic acids is 2. The summed E-state index contributed by atoms with van der Waals surface area (Å²) in [6.45, 7) is 4.92. The van der Waals surface area contributed by atoms with Crippen molar-refractivity contribution in [3.63, 3.8) is 0 Å². The van der Waals surface area contributed by atoms with Gasteiger partial charge in [-0.1, -0.05) is 18.2 Å². The van der Waals surface area contributed by atoms with Crippen LogP contribution in [0.5, 0.6) is 0 Å². The third kappa shape index (κ3) is 3.90. The molecule has 0 atom stereocenters. The number of likely N-dealkylation sites (tertiary alicyclic amines) is 1. The number of hydrogen-bond donors (Lipinski definition) is 0. The van der Waals surface area contributed by atoms with Crippen LogP contribution in [0.4, 0.5) is 0 Å². The maximum absolute atomic E-state index is 11.7. The highest BCUT2D eigenvalue weighted by Gasteiger charge is 2.25. The molecule has 0 N–H and O–H groups in total. The Bertz CT molecular complexity index is 465. The number of hydrogen-bond acceptors (Lipinski definition) is 4. The lowest BCUT2D eigenvalue weighted by molar-refractivity contribution is -0.149. The minimum Gasteiger partial charge on any atom is -0.466 e. The molecule has 0 saturated carbocycles. The van der Waals surface area contributed by atoms with Crippen LogP contribution in [0.3, 0.4) is 0 Å². The second kappa shape index (κ2) is 7.20. The Kier molecular flexibility index (Phi) is 5.30. The van der Waals surface area contributed by atoms with E-state index in [1.54, 1.807) is 0 Å². The average molecular weight is 275 g/mol. The summed E-state index contributed by atoms with van der Waals surface area (Å²) in [5.74, 6) is -0.0115. The Morgan fingerprint density at radius 2 is 2.15 bits per heavy atom. The lowest BCUT2D eigenvalue weighted by Crippen LogP contribution is -2.36. The predicted octanol–water partition coefficient (Wildman–Crippen LogP) is 2.27. The van der Waals surface area contributed by atoms with E-state index in [1.165, 1.54) is 0 Å². The Morgan fingerprint density at radius 1 is 1.40 bits per heavy atom. The van der Waals surface area contributed by atoms with Gasteiger partial charge in [-0.15, -0.1) is 0 Å². The topological polar surface area (TPSA) is 46.6 Å². The largest absolute Gasteiger partial charge is 0.466 e. The highest BCUT2D eigenvalue weighted by atomic mass is 16.5. The monoisotopic (exact) mass is 275 g/mol. The molecule has 0 amide bonds. The first-order chi connectivity index (χ1) is 9.72. The molecule has 2 rings (SSSR count). The Hall–Kier alpha value is -1.68. The number of ether oxygens (including phenoxy) is 1. The molecule has 0 aromatic heterocycles. The van der Waals surface area contributed by atoms with Gasteiger partial charge < -0.3 is 4.74 Å². The van der Waals surface area contributed by atoms with Gasteiger partial charge >= 0.3 is 5.97 Å². The molecule has 108 valence electrons. The van der Waals surface area contributed by atoms with Gasteiger partial charge in [0.15, 0.2) is 0 Å². The first-order valence-corrected chi connectivity index (χ1v) is 7.16. The summed E-state index contributed by atoms with van der Waals surface area (Å²) in [5, 5.41) is 0. The van der Waals surface area contributed by atoms with E-state index in [4.69, 9.17) is 4.74 Å². The third-order valence-corrected chi connectivity index (χ3v) is 3.70. The summed E-state index contributed by atoms with van der Waals surface area (Å²) in [7, 11) is 0. The van der Waals surface area contributed by atoms with Crippen LogP contribution in [0, 0.1) is 5.92 Å². The van der Waals surface area contributed by atoms with Gasteiger partial charge in [-0.05, 0) is 44.5 Å². The van der Waals surface area contributed by atoms with Crippen LogP contribution in [-0.2, 0) is 16.1 Å². The van der Waals surface area contributed by atoms with Crippen LogP contribution in [0.2, 0.25) is 0 Å². The number of aldehydes is 1. The fraction of sp³-hybridized carbons (Fsp3) is 0.500. The molecule has 1 aliphatic rings. The number of piperidine rings is 1. The van der Waals surface area contributed by atoms with E-state index in [1.807, 2.05) is 31.2 Å². The van der Waals surface area contributed by atoms with E-state index < -0.39 is 0 Å². The molecule has 0 aliphatic carbocycles. The highest BCUT2D eigenvalue weighted by molar-refractivity contribution is 5.75. The Labute approximate surface area is 119 Å². The summed E-state index contributed by atoms with van der Waals surface area (Å²) in [4.78, 5) is 24.8. The van der Waals surface area contributed by atoms with Gasteiger partial charge in [-0.25, -0.2) is 0 Å². The maximum Gasteiger partial charge on any atom is 0.309 e. The van der Waals surface area contributed by atoms with Crippen molar-refractivity contribution in [2.24, 2.45) is 5.92 Å². The van der Waals surface area contributed by atoms with E-state index in [0.717, 1.165) is 44.3 Å². The molecule has 4 nitrogen and oxygen atoms in total. The molecule has 0 spiro atoms. The van der Waals surface area contributed by atoms with Crippen LogP contribution in [0.15, 0.2) is 24.3 Å². The fourth-order valence-corrected chi connectivity index (χ4v) is 2.61. The van der Waals surface area contributed by atoms with Crippen molar-refractivity contribution in [3.05, 3.63) is 35.4 Å². The smallest absolute Gasteiger partial charge is 0.309 e. The second-order valence-electron chi connectivity index (χ2n) is 5.17. The van der Waals surface area contributed by atoms with Gasteiger partial charge in [0.05, 0.1) is 12.5 Å². The van der Waals surface area contributed by atoms with Gasteiger partial charge in [0.1, 0.15) is 6.29 Å². The minimum atomic E-state index is -0.0601. The first-order valence-electron chi connectivity index (χ1n) is 7.16. The van der Waals surface area contributed by atoms with Gasteiger partial charge in [0, 0.05) is 12.1 Å². The molecule has 0 radical (unpaired) electrons. The number of nitrogens with zero attached hydrogens (tertiary/aromatic N) is 1. The van der Waals surface area contributed by atoms with Crippen molar-refractivity contribution in [1.82, 2.24) is 4.90 Å². The van der Waals surface area contributed by atoms with Gasteiger partial charge in [-0.3, -0.25) is 14.5 Å². The van der Waals surface area contributed by atoms with E-state index in [-0.39, 0.29) is 11.9 Å². The van der Waals surface area contributed by atoms with Crippen LogP contribution in [-0.4, -0.2) is 36.9 Å². The Morgan fingerprint density at radius 3 is 2.80 bits per heavy atom. The number of carbonyl (C=O) groups is 2. The molecular weight excluding hydrogens is 254 g/mol. The number of rotatable bonds is 5. The predicted molar refractivity (Wildman–Crippen MR) is 76.5 cm³/mol. The summed E-state index contributed by atoms with van der Waals surface area (Å²) >= 11 is 0. The van der Waals surface area contributed by atoms with Crippen molar-refractivity contribution in [1.29, 1.82) is 0 Å². The quantitative estimate of drug-likeness (QED) is 0.611. The third-order valence-electron chi connectivity index (χ3n) is 3.70. The molecule has 0 bridgehead atoms. The zero-order chi connectivity index (χ0) is 14.4. The van der Waals surface area contributed by atoms with Crippen molar-refractivity contribution < 1.29 is 14.3 Å². The first kappa shape index (κ1) is 14.7. The van der Waals surface area contributed by atoms with Gasteiger partial charge in [-0.2, -0.15) is 0 Å². The summed E-state index contributed by atoms with van der Waals surface area (Å²) < 4.78 is 5.07. The van der Waals surface area contributed by atoms with Crippen molar-refractivity contribution in [3.8, 4) is 0 Å². The normalized spacial score (nSPS) is 16.9. The van der Waals surface area contributed by atoms with Crippen LogP contribution in [0.25, 0.3) is 0 Å². The summed E-state index contributed by atoms with van der Waals surface area (Å²) in [5.41, 5.74) is 1.85. The molecule has 20 heavy (non-hydrogen) atoms. The molecule has 1 aromatic rings. The van der Waals surface area contributed by atoms with Crippen LogP contribution in [0.1, 0.15) is 35.7 Å².